The van der Waals surface area contributed by atoms with Crippen molar-refractivity contribution in [1.82, 2.24) is 5.32 Å². The highest BCUT2D eigenvalue weighted by Crippen LogP contribution is 2.16. The van der Waals surface area contributed by atoms with Crippen LogP contribution in [0.4, 0.5) is 8.78 Å². The number of rotatable bonds is 6. The Bertz CT molecular complexity index is 575. The Labute approximate surface area is 125 Å². The lowest BCUT2D eigenvalue weighted by Crippen LogP contribution is -2.33. The Morgan fingerprint density at radius 2 is 1.67 bits per heavy atom. The summed E-state index contributed by atoms with van der Waals surface area (Å²) in [6.07, 6.45) is 1.10. The number of benzene rings is 2. The second kappa shape index (κ2) is 7.32. The second-order valence-corrected chi connectivity index (χ2v) is 5.35. The Hall–Kier alpha value is -1.74. The molecule has 1 nitrogen and oxygen atoms in total. The van der Waals surface area contributed by atoms with Crippen LogP contribution in [0.1, 0.15) is 23.6 Å². The van der Waals surface area contributed by atoms with E-state index in [1.807, 2.05) is 26.0 Å². The van der Waals surface area contributed by atoms with Crippen LogP contribution in [0.25, 0.3) is 0 Å². The lowest BCUT2D eigenvalue weighted by molar-refractivity contribution is 0.484. The number of likely N-dealkylation sites (N-methyl/N-ethyl adjacent to an activating group) is 1. The van der Waals surface area contributed by atoms with E-state index in [4.69, 9.17) is 0 Å². The van der Waals surface area contributed by atoms with Gasteiger partial charge in [-0.25, -0.2) is 8.78 Å². The summed E-state index contributed by atoms with van der Waals surface area (Å²) in [5.74, 6) is -0.940. The normalized spacial score (nSPS) is 12.4. The second-order valence-electron chi connectivity index (χ2n) is 5.35. The van der Waals surface area contributed by atoms with E-state index < -0.39 is 11.6 Å². The van der Waals surface area contributed by atoms with Crippen molar-refractivity contribution in [3.63, 3.8) is 0 Å². The van der Waals surface area contributed by atoms with E-state index in [9.17, 15) is 8.78 Å². The fraction of sp³-hybridized carbons (Fsp3) is 0.333. The van der Waals surface area contributed by atoms with Crippen molar-refractivity contribution in [3.05, 3.63) is 70.8 Å². The number of aryl methyl sites for hydroxylation is 1. The first-order valence-electron chi connectivity index (χ1n) is 7.32. The van der Waals surface area contributed by atoms with Crippen LogP contribution >= 0.6 is 0 Å². The maximum absolute atomic E-state index is 13.8. The maximum Gasteiger partial charge on any atom is 0.129 e. The average Bonchev–Trinajstić information content (AvgIpc) is 2.43. The molecule has 0 aromatic heterocycles. The zero-order valence-electron chi connectivity index (χ0n) is 12.5. The van der Waals surface area contributed by atoms with E-state index in [1.165, 1.54) is 29.3 Å². The van der Waals surface area contributed by atoms with Crippen molar-refractivity contribution in [1.29, 1.82) is 0 Å². The maximum atomic E-state index is 13.8. The SMILES string of the molecule is CCNC(Cc1cccc(C)c1)Cc1c(F)cccc1F. The molecule has 2 aromatic carbocycles. The molecule has 0 bridgehead atoms. The van der Waals surface area contributed by atoms with Crippen LogP contribution < -0.4 is 5.32 Å². The van der Waals surface area contributed by atoms with Crippen molar-refractivity contribution in [2.45, 2.75) is 32.7 Å². The molecule has 0 saturated heterocycles. The fourth-order valence-electron chi connectivity index (χ4n) is 2.60. The third-order valence-corrected chi connectivity index (χ3v) is 3.57. The van der Waals surface area contributed by atoms with Crippen LogP contribution in [0, 0.1) is 18.6 Å². The Morgan fingerprint density at radius 1 is 1.00 bits per heavy atom. The molecule has 0 radical (unpaired) electrons. The predicted molar refractivity (Wildman–Crippen MR) is 82.4 cm³/mol. The van der Waals surface area contributed by atoms with Gasteiger partial charge in [0.25, 0.3) is 0 Å². The molecule has 0 aliphatic rings. The molecular weight excluding hydrogens is 268 g/mol. The van der Waals surface area contributed by atoms with E-state index in [0.717, 1.165) is 13.0 Å². The summed E-state index contributed by atoms with van der Waals surface area (Å²) < 4.78 is 27.6. The molecule has 2 aromatic rings. The van der Waals surface area contributed by atoms with Gasteiger partial charge in [0.05, 0.1) is 0 Å². The first-order chi connectivity index (χ1) is 10.1. The van der Waals surface area contributed by atoms with Crippen LogP contribution in [0.2, 0.25) is 0 Å². The van der Waals surface area contributed by atoms with E-state index >= 15 is 0 Å². The van der Waals surface area contributed by atoms with Gasteiger partial charge in [0.1, 0.15) is 11.6 Å². The van der Waals surface area contributed by atoms with E-state index in [2.05, 4.69) is 17.4 Å². The molecule has 0 fully saturated rings. The molecule has 0 saturated carbocycles. The topological polar surface area (TPSA) is 12.0 Å². The molecule has 112 valence electrons. The summed E-state index contributed by atoms with van der Waals surface area (Å²) >= 11 is 0. The zero-order chi connectivity index (χ0) is 15.2. The zero-order valence-corrected chi connectivity index (χ0v) is 12.5. The molecule has 1 atom stereocenters. The number of halogens is 2. The summed E-state index contributed by atoms with van der Waals surface area (Å²) in [5, 5.41) is 3.32. The van der Waals surface area contributed by atoms with Crippen molar-refractivity contribution >= 4 is 0 Å². The summed E-state index contributed by atoms with van der Waals surface area (Å²) in [5.41, 5.74) is 2.54. The monoisotopic (exact) mass is 289 g/mol. The molecule has 0 aliphatic carbocycles. The van der Waals surface area contributed by atoms with Crippen molar-refractivity contribution in [2.75, 3.05) is 6.54 Å². The van der Waals surface area contributed by atoms with E-state index in [1.54, 1.807) is 0 Å². The van der Waals surface area contributed by atoms with Gasteiger partial charge < -0.3 is 5.32 Å². The highest BCUT2D eigenvalue weighted by molar-refractivity contribution is 5.25. The lowest BCUT2D eigenvalue weighted by atomic mass is 9.97. The van der Waals surface area contributed by atoms with Crippen molar-refractivity contribution in [2.24, 2.45) is 0 Å². The minimum atomic E-state index is -0.470. The standard InChI is InChI=1S/C18H21F2N/c1-3-21-15(11-14-7-4-6-13(2)10-14)12-16-17(19)8-5-9-18(16)20/h4-10,15,21H,3,11-12H2,1-2H3. The highest BCUT2D eigenvalue weighted by Gasteiger charge is 2.15. The number of hydrogen-bond donors (Lipinski definition) is 1. The van der Waals surface area contributed by atoms with E-state index in [0.29, 0.717) is 6.42 Å². The van der Waals surface area contributed by atoms with Gasteiger partial charge in [-0.3, -0.25) is 0 Å². The largest absolute Gasteiger partial charge is 0.314 e. The summed E-state index contributed by atoms with van der Waals surface area (Å²) in [7, 11) is 0. The fourth-order valence-corrected chi connectivity index (χ4v) is 2.60. The first-order valence-corrected chi connectivity index (χ1v) is 7.32. The molecule has 0 amide bonds. The van der Waals surface area contributed by atoms with Gasteiger partial charge in [0.15, 0.2) is 0 Å². The van der Waals surface area contributed by atoms with Crippen LogP contribution in [0.5, 0.6) is 0 Å². The van der Waals surface area contributed by atoms with Crippen LogP contribution in [0.15, 0.2) is 42.5 Å². The molecule has 0 spiro atoms. The third-order valence-electron chi connectivity index (χ3n) is 3.57. The van der Waals surface area contributed by atoms with Crippen LogP contribution in [0.3, 0.4) is 0 Å². The van der Waals surface area contributed by atoms with Gasteiger partial charge in [-0.2, -0.15) is 0 Å². The number of hydrogen-bond acceptors (Lipinski definition) is 1. The van der Waals surface area contributed by atoms with Crippen LogP contribution in [-0.4, -0.2) is 12.6 Å². The third kappa shape index (κ3) is 4.36. The Morgan fingerprint density at radius 3 is 2.29 bits per heavy atom. The highest BCUT2D eigenvalue weighted by atomic mass is 19.1. The quantitative estimate of drug-likeness (QED) is 0.846. The smallest absolute Gasteiger partial charge is 0.129 e. The van der Waals surface area contributed by atoms with E-state index in [-0.39, 0.29) is 11.6 Å². The van der Waals surface area contributed by atoms with Gasteiger partial charge in [0.2, 0.25) is 0 Å². The molecule has 1 unspecified atom stereocenters. The summed E-state index contributed by atoms with van der Waals surface area (Å²) in [6.45, 7) is 4.82. The van der Waals surface area contributed by atoms with Crippen molar-refractivity contribution in [3.8, 4) is 0 Å². The van der Waals surface area contributed by atoms with Gasteiger partial charge in [-0.1, -0.05) is 42.8 Å². The molecule has 3 heteroatoms. The van der Waals surface area contributed by atoms with Gasteiger partial charge in [-0.15, -0.1) is 0 Å². The first kappa shape index (κ1) is 15.6. The lowest BCUT2D eigenvalue weighted by Gasteiger charge is -2.19. The van der Waals surface area contributed by atoms with Crippen LogP contribution in [-0.2, 0) is 12.8 Å². The van der Waals surface area contributed by atoms with Crippen molar-refractivity contribution < 1.29 is 8.78 Å². The predicted octanol–water partition coefficient (Wildman–Crippen LogP) is 4.04. The molecule has 21 heavy (non-hydrogen) atoms. The van der Waals surface area contributed by atoms with Gasteiger partial charge in [0, 0.05) is 11.6 Å². The van der Waals surface area contributed by atoms with Gasteiger partial charge in [-0.05, 0) is 44.0 Å². The summed E-state index contributed by atoms with van der Waals surface area (Å²) in [4.78, 5) is 0. The molecular formula is C18H21F2N. The Balaban J connectivity index is 2.16. The minimum Gasteiger partial charge on any atom is -0.314 e. The summed E-state index contributed by atoms with van der Waals surface area (Å²) in [6, 6.07) is 12.3. The number of nitrogens with one attached hydrogen (secondary N) is 1. The molecule has 1 N–H and O–H groups in total. The minimum absolute atomic E-state index is 0.0169. The molecule has 0 heterocycles. The molecule has 0 aliphatic heterocycles. The average molecular weight is 289 g/mol. The molecule has 2 rings (SSSR count). The Kier molecular flexibility index (Phi) is 5.45. The van der Waals surface area contributed by atoms with Gasteiger partial charge >= 0.3 is 0 Å².